The molecule has 0 spiro atoms. The topological polar surface area (TPSA) is 12.9 Å². The number of fused-ring (bicyclic) bond motifs is 1. The van der Waals surface area contributed by atoms with Gasteiger partial charge in [0.15, 0.2) is 0 Å². The predicted octanol–water partition coefficient (Wildman–Crippen LogP) is 3.88. The Morgan fingerprint density at radius 2 is 1.71 bits per heavy atom. The van der Waals surface area contributed by atoms with Crippen molar-refractivity contribution in [3.63, 3.8) is 0 Å². The molecule has 0 aliphatic rings. The average Bonchev–Trinajstić information content (AvgIpc) is 2.22. The minimum Gasteiger partial charge on any atom is -0.256 e. The zero-order valence-electron chi connectivity index (χ0n) is 9.33. The minimum absolute atomic E-state index is 1.08. The maximum absolute atomic E-state index is 4.28. The van der Waals surface area contributed by atoms with Crippen LogP contribution in [0.25, 0.3) is 10.9 Å². The van der Waals surface area contributed by atoms with Crippen molar-refractivity contribution in [1.29, 1.82) is 0 Å². The molecule has 1 aromatic heterocycles. The van der Waals surface area contributed by atoms with Crippen molar-refractivity contribution in [3.8, 4) is 0 Å². The molecule has 0 aliphatic heterocycles. The van der Waals surface area contributed by atoms with Gasteiger partial charge >= 0.3 is 0 Å². The second-order valence-corrected chi connectivity index (χ2v) is 3.15. The Morgan fingerprint density at radius 1 is 1.00 bits per heavy atom. The van der Waals surface area contributed by atoms with Gasteiger partial charge in [-0.1, -0.05) is 25.5 Å². The van der Waals surface area contributed by atoms with Gasteiger partial charge in [-0.05, 0) is 37.6 Å². The molecule has 74 valence electrons. The molecule has 0 radical (unpaired) electrons. The molecule has 1 aromatic carbocycles. The normalized spacial score (nSPS) is 9.43. The van der Waals surface area contributed by atoms with Gasteiger partial charge in [-0.25, -0.2) is 0 Å². The van der Waals surface area contributed by atoms with E-state index in [0.717, 1.165) is 5.52 Å². The van der Waals surface area contributed by atoms with Crippen LogP contribution in [-0.4, -0.2) is 4.98 Å². The third-order valence-corrected chi connectivity index (χ3v) is 2.12. The molecule has 2 aromatic rings. The summed E-state index contributed by atoms with van der Waals surface area (Å²) in [6.45, 7) is 8.22. The summed E-state index contributed by atoms with van der Waals surface area (Å²) in [4.78, 5) is 4.28. The summed E-state index contributed by atoms with van der Waals surface area (Å²) >= 11 is 0. The number of nitrogens with zero attached hydrogens (tertiary/aromatic N) is 1. The molecule has 0 aliphatic carbocycles. The van der Waals surface area contributed by atoms with Crippen molar-refractivity contribution in [2.24, 2.45) is 0 Å². The molecule has 0 saturated heterocycles. The molecule has 0 unspecified atom stereocenters. The lowest BCUT2D eigenvalue weighted by Gasteiger charge is -2.00. The van der Waals surface area contributed by atoms with Crippen LogP contribution in [0, 0.1) is 13.8 Å². The smallest absolute Gasteiger partial charge is 0.0704 e. The number of hydrogen-bond donors (Lipinski definition) is 0. The van der Waals surface area contributed by atoms with Crippen LogP contribution >= 0.6 is 0 Å². The predicted molar refractivity (Wildman–Crippen MR) is 62.6 cm³/mol. The van der Waals surface area contributed by atoms with E-state index in [-0.39, 0.29) is 0 Å². The molecular formula is C13H17N. The molecule has 1 heteroatoms. The second-order valence-electron chi connectivity index (χ2n) is 3.15. The van der Waals surface area contributed by atoms with Crippen molar-refractivity contribution in [2.75, 3.05) is 0 Å². The summed E-state index contributed by atoms with van der Waals surface area (Å²) in [5.74, 6) is 0. The fourth-order valence-corrected chi connectivity index (χ4v) is 1.40. The zero-order valence-corrected chi connectivity index (χ0v) is 9.33. The van der Waals surface area contributed by atoms with E-state index >= 15 is 0 Å². The van der Waals surface area contributed by atoms with Crippen molar-refractivity contribution in [2.45, 2.75) is 27.7 Å². The molecule has 1 heterocycles. The maximum atomic E-state index is 4.28. The Kier molecular flexibility index (Phi) is 3.63. The third-order valence-electron chi connectivity index (χ3n) is 2.12. The van der Waals surface area contributed by atoms with E-state index in [1.165, 1.54) is 16.5 Å². The van der Waals surface area contributed by atoms with Gasteiger partial charge < -0.3 is 0 Å². The van der Waals surface area contributed by atoms with Crippen LogP contribution in [0.5, 0.6) is 0 Å². The lowest BCUT2D eigenvalue weighted by Crippen LogP contribution is -1.82. The van der Waals surface area contributed by atoms with Crippen LogP contribution in [0.1, 0.15) is 25.0 Å². The fourth-order valence-electron chi connectivity index (χ4n) is 1.40. The standard InChI is InChI=1S/C11H11N.C2H6/c1-8-3-4-11-10(7-8)9(2)5-6-12-11;1-2/h3-7H,1-2H3;1-2H3. The molecule has 0 amide bonds. The molecule has 0 fully saturated rings. The first-order valence-corrected chi connectivity index (χ1v) is 5.09. The van der Waals surface area contributed by atoms with Crippen LogP contribution in [-0.2, 0) is 0 Å². The van der Waals surface area contributed by atoms with Gasteiger partial charge in [0, 0.05) is 11.6 Å². The van der Waals surface area contributed by atoms with Crippen molar-refractivity contribution in [3.05, 3.63) is 41.6 Å². The highest BCUT2D eigenvalue weighted by Gasteiger charge is 1.96. The Morgan fingerprint density at radius 3 is 2.43 bits per heavy atom. The Balaban J connectivity index is 0.000000461. The second kappa shape index (κ2) is 4.75. The maximum Gasteiger partial charge on any atom is 0.0704 e. The highest BCUT2D eigenvalue weighted by Crippen LogP contribution is 2.16. The van der Waals surface area contributed by atoms with E-state index in [1.54, 1.807) is 0 Å². The summed E-state index contributed by atoms with van der Waals surface area (Å²) in [5.41, 5.74) is 3.67. The van der Waals surface area contributed by atoms with Gasteiger partial charge in [-0.2, -0.15) is 0 Å². The molecule has 2 rings (SSSR count). The number of rotatable bonds is 0. The third kappa shape index (κ3) is 2.11. The lowest BCUT2D eigenvalue weighted by atomic mass is 10.1. The highest BCUT2D eigenvalue weighted by molar-refractivity contribution is 5.82. The van der Waals surface area contributed by atoms with Crippen molar-refractivity contribution in [1.82, 2.24) is 4.98 Å². The molecule has 1 nitrogen and oxygen atoms in total. The summed E-state index contributed by atoms with van der Waals surface area (Å²) in [6.07, 6.45) is 1.85. The minimum atomic E-state index is 1.08. The number of benzene rings is 1. The first kappa shape index (κ1) is 10.7. The molecule has 0 bridgehead atoms. The van der Waals surface area contributed by atoms with Gasteiger partial charge in [0.05, 0.1) is 5.52 Å². The lowest BCUT2D eigenvalue weighted by molar-refractivity contribution is 1.35. The Bertz CT molecular complexity index is 419. The largest absolute Gasteiger partial charge is 0.256 e. The van der Waals surface area contributed by atoms with Gasteiger partial charge in [0.2, 0.25) is 0 Å². The zero-order chi connectivity index (χ0) is 10.6. The van der Waals surface area contributed by atoms with Crippen LogP contribution in [0.2, 0.25) is 0 Å². The van der Waals surface area contributed by atoms with Gasteiger partial charge in [0.1, 0.15) is 0 Å². The Labute approximate surface area is 85.8 Å². The average molecular weight is 187 g/mol. The molecule has 0 atom stereocenters. The van der Waals surface area contributed by atoms with Crippen molar-refractivity contribution >= 4 is 10.9 Å². The number of aromatic nitrogens is 1. The summed E-state index contributed by atoms with van der Waals surface area (Å²) in [5, 5.41) is 1.26. The SMILES string of the molecule is CC.Cc1ccc2nccc(C)c2c1. The molecule has 0 saturated carbocycles. The van der Waals surface area contributed by atoms with Crippen LogP contribution in [0.15, 0.2) is 30.5 Å². The van der Waals surface area contributed by atoms with E-state index < -0.39 is 0 Å². The van der Waals surface area contributed by atoms with E-state index in [9.17, 15) is 0 Å². The van der Waals surface area contributed by atoms with Gasteiger partial charge in [-0.3, -0.25) is 4.98 Å². The number of pyridine rings is 1. The summed E-state index contributed by atoms with van der Waals surface area (Å²) in [7, 11) is 0. The van der Waals surface area contributed by atoms with E-state index in [0.29, 0.717) is 0 Å². The monoisotopic (exact) mass is 187 g/mol. The van der Waals surface area contributed by atoms with Crippen LogP contribution in [0.4, 0.5) is 0 Å². The van der Waals surface area contributed by atoms with Gasteiger partial charge in [-0.15, -0.1) is 0 Å². The van der Waals surface area contributed by atoms with E-state index in [2.05, 4.69) is 37.0 Å². The van der Waals surface area contributed by atoms with Crippen LogP contribution < -0.4 is 0 Å². The number of hydrogen-bond acceptors (Lipinski definition) is 1. The fraction of sp³-hybridized carbons (Fsp3) is 0.308. The molecule has 0 N–H and O–H groups in total. The molecule has 14 heavy (non-hydrogen) atoms. The van der Waals surface area contributed by atoms with E-state index in [4.69, 9.17) is 0 Å². The number of aryl methyl sites for hydroxylation is 2. The highest BCUT2D eigenvalue weighted by atomic mass is 14.6. The first-order valence-electron chi connectivity index (χ1n) is 5.09. The quantitative estimate of drug-likeness (QED) is 0.610. The molecular weight excluding hydrogens is 170 g/mol. The van der Waals surface area contributed by atoms with Crippen molar-refractivity contribution < 1.29 is 0 Å². The first-order chi connectivity index (χ1) is 6.77. The van der Waals surface area contributed by atoms with E-state index in [1.807, 2.05) is 26.1 Å². The summed E-state index contributed by atoms with van der Waals surface area (Å²) in [6, 6.07) is 8.38. The van der Waals surface area contributed by atoms with Crippen LogP contribution in [0.3, 0.4) is 0 Å². The Hall–Kier alpha value is -1.37. The van der Waals surface area contributed by atoms with Gasteiger partial charge in [0.25, 0.3) is 0 Å². The summed E-state index contributed by atoms with van der Waals surface area (Å²) < 4.78 is 0.